The first-order valence-corrected chi connectivity index (χ1v) is 9.51. The number of nitrogens with zero attached hydrogens (tertiary/aromatic N) is 1. The highest BCUT2D eigenvalue weighted by molar-refractivity contribution is 5.80. The lowest BCUT2D eigenvalue weighted by Crippen LogP contribution is -2.43. The first-order chi connectivity index (χ1) is 13.0. The SMILES string of the molecule is CNc1ccc(-c2cc3c4c(c2)[C@@H]2CNCC[C@@H]2N4CC3)c(C(F)(F)F)c1. The predicted molar refractivity (Wildman–Crippen MR) is 101 cm³/mol. The number of nitrogens with one attached hydrogen (secondary N) is 2. The van der Waals surface area contributed by atoms with E-state index in [4.69, 9.17) is 0 Å². The molecule has 27 heavy (non-hydrogen) atoms. The Morgan fingerprint density at radius 1 is 1.19 bits per heavy atom. The monoisotopic (exact) mass is 373 g/mol. The largest absolute Gasteiger partial charge is 0.417 e. The van der Waals surface area contributed by atoms with Gasteiger partial charge in [-0.15, -0.1) is 0 Å². The highest BCUT2D eigenvalue weighted by Crippen LogP contribution is 2.50. The zero-order chi connectivity index (χ0) is 18.8. The molecule has 0 radical (unpaired) electrons. The predicted octanol–water partition coefficient (Wildman–Crippen LogP) is 4.24. The Hall–Kier alpha value is -2.21. The highest BCUT2D eigenvalue weighted by atomic mass is 19.4. The minimum atomic E-state index is -4.39. The second kappa shape index (κ2) is 5.89. The maximum Gasteiger partial charge on any atom is 0.417 e. The van der Waals surface area contributed by atoms with Crippen molar-refractivity contribution in [2.75, 3.05) is 36.9 Å². The average Bonchev–Trinajstić information content (AvgIpc) is 3.23. The molecule has 0 amide bonds. The molecule has 2 atom stereocenters. The van der Waals surface area contributed by atoms with E-state index in [1.807, 2.05) is 12.1 Å². The maximum absolute atomic E-state index is 13.7. The number of benzene rings is 2. The molecule has 3 heterocycles. The van der Waals surface area contributed by atoms with Crippen molar-refractivity contribution in [1.29, 1.82) is 0 Å². The summed E-state index contributed by atoms with van der Waals surface area (Å²) >= 11 is 0. The summed E-state index contributed by atoms with van der Waals surface area (Å²) in [6.07, 6.45) is -2.37. The Labute approximate surface area is 156 Å². The van der Waals surface area contributed by atoms with Crippen molar-refractivity contribution in [3.63, 3.8) is 0 Å². The average molecular weight is 373 g/mol. The Balaban J connectivity index is 1.67. The summed E-state index contributed by atoms with van der Waals surface area (Å²) in [5, 5.41) is 6.27. The van der Waals surface area contributed by atoms with Crippen LogP contribution >= 0.6 is 0 Å². The summed E-state index contributed by atoms with van der Waals surface area (Å²) in [6.45, 7) is 2.90. The molecule has 0 bridgehead atoms. The van der Waals surface area contributed by atoms with Crippen molar-refractivity contribution in [1.82, 2.24) is 5.32 Å². The first kappa shape index (κ1) is 16.9. The molecule has 0 aromatic heterocycles. The third kappa shape index (κ3) is 2.53. The fraction of sp³-hybridized carbons (Fsp3) is 0.429. The van der Waals surface area contributed by atoms with Gasteiger partial charge in [0.25, 0.3) is 0 Å². The summed E-state index contributed by atoms with van der Waals surface area (Å²) in [6, 6.07) is 9.01. The number of hydrogen-bond donors (Lipinski definition) is 2. The zero-order valence-corrected chi connectivity index (χ0v) is 15.2. The van der Waals surface area contributed by atoms with Gasteiger partial charge in [-0.1, -0.05) is 6.07 Å². The minimum absolute atomic E-state index is 0.270. The van der Waals surface area contributed by atoms with Gasteiger partial charge >= 0.3 is 6.18 Å². The van der Waals surface area contributed by atoms with Crippen LogP contribution in [0.2, 0.25) is 0 Å². The van der Waals surface area contributed by atoms with Crippen molar-refractivity contribution >= 4 is 11.4 Å². The van der Waals surface area contributed by atoms with E-state index in [1.165, 1.54) is 22.9 Å². The van der Waals surface area contributed by atoms with E-state index in [9.17, 15) is 13.2 Å². The molecule has 0 saturated carbocycles. The van der Waals surface area contributed by atoms with E-state index in [2.05, 4.69) is 15.5 Å². The van der Waals surface area contributed by atoms with Crippen LogP contribution < -0.4 is 15.5 Å². The third-order valence-corrected chi connectivity index (χ3v) is 6.30. The fourth-order valence-electron chi connectivity index (χ4n) is 5.10. The Morgan fingerprint density at radius 3 is 2.81 bits per heavy atom. The second-order valence-corrected chi connectivity index (χ2v) is 7.69. The summed E-state index contributed by atoms with van der Waals surface area (Å²) in [5.41, 5.74) is 4.56. The maximum atomic E-state index is 13.7. The van der Waals surface area contributed by atoms with Gasteiger partial charge in [0.15, 0.2) is 0 Å². The molecule has 1 saturated heterocycles. The molecule has 5 rings (SSSR count). The van der Waals surface area contributed by atoms with E-state index in [1.54, 1.807) is 19.2 Å². The van der Waals surface area contributed by atoms with Crippen LogP contribution in [0.15, 0.2) is 30.3 Å². The Bertz CT molecular complexity index is 906. The number of anilines is 2. The molecule has 2 aromatic carbocycles. The molecular formula is C21H22F3N3. The van der Waals surface area contributed by atoms with Crippen LogP contribution in [-0.2, 0) is 12.6 Å². The number of alkyl halides is 3. The van der Waals surface area contributed by atoms with Crippen molar-refractivity contribution in [2.24, 2.45) is 0 Å². The molecule has 6 heteroatoms. The summed E-state index contributed by atoms with van der Waals surface area (Å²) in [7, 11) is 1.63. The van der Waals surface area contributed by atoms with E-state index >= 15 is 0 Å². The van der Waals surface area contributed by atoms with Gasteiger partial charge in [0.05, 0.1) is 5.56 Å². The molecule has 3 nitrogen and oxygen atoms in total. The summed E-state index contributed by atoms with van der Waals surface area (Å²) < 4.78 is 41.2. The fourth-order valence-corrected chi connectivity index (χ4v) is 5.10. The first-order valence-electron chi connectivity index (χ1n) is 9.51. The van der Waals surface area contributed by atoms with Crippen LogP contribution in [0, 0.1) is 0 Å². The van der Waals surface area contributed by atoms with Crippen LogP contribution in [0.3, 0.4) is 0 Å². The minimum Gasteiger partial charge on any atom is -0.388 e. The quantitative estimate of drug-likeness (QED) is 0.825. The molecule has 0 aliphatic carbocycles. The van der Waals surface area contributed by atoms with Crippen molar-refractivity contribution in [2.45, 2.75) is 31.0 Å². The van der Waals surface area contributed by atoms with E-state index in [0.29, 0.717) is 23.2 Å². The topological polar surface area (TPSA) is 27.3 Å². The third-order valence-electron chi connectivity index (χ3n) is 6.30. The van der Waals surface area contributed by atoms with E-state index in [0.717, 1.165) is 32.5 Å². The van der Waals surface area contributed by atoms with Crippen LogP contribution in [0.5, 0.6) is 0 Å². The lowest BCUT2D eigenvalue weighted by Gasteiger charge is -2.32. The molecule has 1 fully saturated rings. The van der Waals surface area contributed by atoms with Crippen LogP contribution in [-0.4, -0.2) is 32.7 Å². The number of fused-ring (bicyclic) bond motifs is 3. The number of halogens is 3. The molecular weight excluding hydrogens is 351 g/mol. The standard InChI is InChI=1S/C21H22F3N3/c1-25-14-2-3-15(18(10-14)21(22,23)24)13-8-12-5-7-27-19-4-6-26-11-17(19)16(9-13)20(12)27/h2-3,8-10,17,19,25-26H,4-7,11H2,1H3/t17-,19-/m0/s1. The van der Waals surface area contributed by atoms with Gasteiger partial charge in [0.1, 0.15) is 0 Å². The zero-order valence-electron chi connectivity index (χ0n) is 15.2. The summed E-state index contributed by atoms with van der Waals surface area (Å²) in [4.78, 5) is 2.49. The van der Waals surface area contributed by atoms with Gasteiger partial charge in [0.2, 0.25) is 0 Å². The van der Waals surface area contributed by atoms with Gasteiger partial charge in [-0.2, -0.15) is 13.2 Å². The number of piperidine rings is 1. The molecule has 0 spiro atoms. The number of rotatable bonds is 2. The Kier molecular flexibility index (Phi) is 3.69. The van der Waals surface area contributed by atoms with Crippen LogP contribution in [0.25, 0.3) is 11.1 Å². The molecule has 142 valence electrons. The van der Waals surface area contributed by atoms with Gasteiger partial charge in [0, 0.05) is 43.5 Å². The highest BCUT2D eigenvalue weighted by Gasteiger charge is 2.44. The lowest BCUT2D eigenvalue weighted by molar-refractivity contribution is -0.137. The second-order valence-electron chi connectivity index (χ2n) is 7.69. The van der Waals surface area contributed by atoms with E-state index < -0.39 is 11.7 Å². The lowest BCUT2D eigenvalue weighted by atomic mass is 9.86. The van der Waals surface area contributed by atoms with Crippen molar-refractivity contribution in [3.05, 3.63) is 47.0 Å². The van der Waals surface area contributed by atoms with Gasteiger partial charge in [-0.3, -0.25) is 0 Å². The van der Waals surface area contributed by atoms with Crippen molar-refractivity contribution < 1.29 is 13.2 Å². The van der Waals surface area contributed by atoms with E-state index in [-0.39, 0.29) is 5.56 Å². The van der Waals surface area contributed by atoms with Gasteiger partial charge in [-0.25, -0.2) is 0 Å². The van der Waals surface area contributed by atoms with Crippen LogP contribution in [0.4, 0.5) is 24.5 Å². The molecule has 2 N–H and O–H groups in total. The molecule has 3 aliphatic heterocycles. The van der Waals surface area contributed by atoms with Crippen molar-refractivity contribution in [3.8, 4) is 11.1 Å². The number of hydrogen-bond acceptors (Lipinski definition) is 3. The molecule has 0 unspecified atom stereocenters. The smallest absolute Gasteiger partial charge is 0.388 e. The Morgan fingerprint density at radius 2 is 2.04 bits per heavy atom. The molecule has 2 aromatic rings. The van der Waals surface area contributed by atoms with Gasteiger partial charge in [-0.05, 0) is 65.9 Å². The summed E-state index contributed by atoms with van der Waals surface area (Å²) in [5.74, 6) is 0.374. The van der Waals surface area contributed by atoms with Crippen LogP contribution in [0.1, 0.15) is 29.0 Å². The molecule has 3 aliphatic rings. The van der Waals surface area contributed by atoms with Gasteiger partial charge < -0.3 is 15.5 Å². The normalized spacial score (nSPS) is 23.3.